The number of piperidine rings is 1. The van der Waals surface area contributed by atoms with Gasteiger partial charge in [0, 0.05) is 30.3 Å². The largest absolute Gasteiger partial charge is 0.399 e. The van der Waals surface area contributed by atoms with Crippen LogP contribution in [0, 0.1) is 11.7 Å². The molecule has 1 saturated heterocycles. The number of fused-ring (bicyclic) bond motifs is 1. The zero-order chi connectivity index (χ0) is 15.0. The van der Waals surface area contributed by atoms with Gasteiger partial charge >= 0.3 is 0 Å². The summed E-state index contributed by atoms with van der Waals surface area (Å²) < 4.78 is 13.4. The molecule has 1 amide bonds. The molecule has 2 fully saturated rings. The Morgan fingerprint density at radius 2 is 2.14 bits per heavy atom. The molecule has 1 aromatic carbocycles. The first-order valence-electron chi connectivity index (χ1n) is 7.56. The Morgan fingerprint density at radius 3 is 2.90 bits per heavy atom. The van der Waals surface area contributed by atoms with Crippen molar-refractivity contribution in [3.05, 3.63) is 29.6 Å². The highest BCUT2D eigenvalue weighted by Crippen LogP contribution is 2.40. The minimum Gasteiger partial charge on any atom is -0.399 e. The van der Waals surface area contributed by atoms with E-state index in [-0.39, 0.29) is 23.1 Å². The normalized spacial score (nSPS) is 29.0. The summed E-state index contributed by atoms with van der Waals surface area (Å²) in [5.41, 5.74) is 5.53. The van der Waals surface area contributed by atoms with E-state index in [1.807, 2.05) is 0 Å². The van der Waals surface area contributed by atoms with Gasteiger partial charge in [-0.1, -0.05) is 12.8 Å². The first-order chi connectivity index (χ1) is 9.98. The SMILES string of the molecule is Nc1cc(F)cc(C(=O)N2CCC3(O)CCCCC3C2)c1. The van der Waals surface area contributed by atoms with Gasteiger partial charge in [0.15, 0.2) is 0 Å². The summed E-state index contributed by atoms with van der Waals surface area (Å²) in [6.07, 6.45) is 4.54. The van der Waals surface area contributed by atoms with Gasteiger partial charge in [0.2, 0.25) is 0 Å². The van der Waals surface area contributed by atoms with Crippen molar-refractivity contribution in [2.24, 2.45) is 5.92 Å². The molecule has 0 aromatic heterocycles. The van der Waals surface area contributed by atoms with Crippen LogP contribution in [0.25, 0.3) is 0 Å². The number of carbonyl (C=O) groups excluding carboxylic acids is 1. The lowest BCUT2D eigenvalue weighted by atomic mass is 9.71. The Balaban J connectivity index is 1.77. The molecule has 1 heterocycles. The van der Waals surface area contributed by atoms with Crippen molar-refractivity contribution in [1.29, 1.82) is 0 Å². The second-order valence-electron chi connectivity index (χ2n) is 6.32. The number of amides is 1. The number of halogens is 1. The van der Waals surface area contributed by atoms with Crippen molar-refractivity contribution in [2.45, 2.75) is 37.7 Å². The molecule has 0 radical (unpaired) electrons. The van der Waals surface area contributed by atoms with Crippen LogP contribution in [0.1, 0.15) is 42.5 Å². The smallest absolute Gasteiger partial charge is 0.254 e. The molecule has 1 saturated carbocycles. The quantitative estimate of drug-likeness (QED) is 0.780. The van der Waals surface area contributed by atoms with Crippen LogP contribution in [0.2, 0.25) is 0 Å². The Labute approximate surface area is 123 Å². The van der Waals surface area contributed by atoms with Crippen molar-refractivity contribution >= 4 is 11.6 Å². The summed E-state index contributed by atoms with van der Waals surface area (Å²) >= 11 is 0. The maximum Gasteiger partial charge on any atom is 0.254 e. The molecule has 0 bridgehead atoms. The minimum atomic E-state index is -0.615. The van der Waals surface area contributed by atoms with Gasteiger partial charge in [0.1, 0.15) is 5.82 Å². The number of hydrogen-bond acceptors (Lipinski definition) is 3. The molecule has 2 atom stereocenters. The number of nitrogens with two attached hydrogens (primary N) is 1. The lowest BCUT2D eigenvalue weighted by Gasteiger charge is -2.47. The highest BCUT2D eigenvalue weighted by molar-refractivity contribution is 5.95. The Kier molecular flexibility index (Phi) is 3.61. The van der Waals surface area contributed by atoms with E-state index in [4.69, 9.17) is 5.73 Å². The first-order valence-corrected chi connectivity index (χ1v) is 7.56. The van der Waals surface area contributed by atoms with Gasteiger partial charge in [-0.05, 0) is 37.5 Å². The van der Waals surface area contributed by atoms with Gasteiger partial charge in [0.25, 0.3) is 5.91 Å². The lowest BCUT2D eigenvalue weighted by molar-refractivity contribution is -0.0886. The molecule has 21 heavy (non-hydrogen) atoms. The molecule has 2 unspecified atom stereocenters. The summed E-state index contributed by atoms with van der Waals surface area (Å²) in [6, 6.07) is 3.93. The third kappa shape index (κ3) is 2.75. The van der Waals surface area contributed by atoms with Crippen LogP contribution in [0.4, 0.5) is 10.1 Å². The molecule has 5 heteroatoms. The van der Waals surface area contributed by atoms with Crippen molar-refractivity contribution in [1.82, 2.24) is 4.90 Å². The van der Waals surface area contributed by atoms with E-state index < -0.39 is 11.4 Å². The fourth-order valence-electron chi connectivity index (χ4n) is 3.67. The standard InChI is InChI=1S/C16H21FN2O2/c17-13-7-11(8-14(18)9-13)15(20)19-6-5-16(21)4-2-1-3-12(16)10-19/h7-9,12,21H,1-6,10,18H2. The average Bonchev–Trinajstić information content (AvgIpc) is 2.44. The molecule has 1 aromatic rings. The summed E-state index contributed by atoms with van der Waals surface area (Å²) in [5.74, 6) is -0.562. The second-order valence-corrected chi connectivity index (χ2v) is 6.32. The van der Waals surface area contributed by atoms with Crippen LogP contribution in [0.5, 0.6) is 0 Å². The van der Waals surface area contributed by atoms with E-state index >= 15 is 0 Å². The van der Waals surface area contributed by atoms with Crippen LogP contribution in [-0.2, 0) is 0 Å². The van der Waals surface area contributed by atoms with Crippen molar-refractivity contribution in [3.63, 3.8) is 0 Å². The summed E-state index contributed by atoms with van der Waals surface area (Å²) in [4.78, 5) is 14.2. The predicted molar refractivity (Wildman–Crippen MR) is 78.2 cm³/mol. The fraction of sp³-hybridized carbons (Fsp3) is 0.562. The number of rotatable bonds is 1. The number of likely N-dealkylation sites (tertiary alicyclic amines) is 1. The predicted octanol–water partition coefficient (Wildman–Crippen LogP) is 2.18. The van der Waals surface area contributed by atoms with Gasteiger partial charge in [-0.2, -0.15) is 0 Å². The van der Waals surface area contributed by atoms with Crippen LogP contribution in [0.15, 0.2) is 18.2 Å². The van der Waals surface area contributed by atoms with Gasteiger partial charge in [-0.25, -0.2) is 4.39 Å². The number of benzene rings is 1. The van der Waals surface area contributed by atoms with Crippen LogP contribution in [0.3, 0.4) is 0 Å². The zero-order valence-corrected chi connectivity index (χ0v) is 12.0. The third-order valence-corrected chi connectivity index (χ3v) is 4.88. The van der Waals surface area contributed by atoms with Crippen molar-refractivity contribution in [3.8, 4) is 0 Å². The zero-order valence-electron chi connectivity index (χ0n) is 12.0. The molecule has 1 aliphatic carbocycles. The van der Waals surface area contributed by atoms with Crippen molar-refractivity contribution in [2.75, 3.05) is 18.8 Å². The van der Waals surface area contributed by atoms with E-state index in [1.165, 1.54) is 18.2 Å². The maximum absolute atomic E-state index is 13.4. The van der Waals surface area contributed by atoms with E-state index in [2.05, 4.69) is 0 Å². The summed E-state index contributed by atoms with van der Waals surface area (Å²) in [7, 11) is 0. The fourth-order valence-corrected chi connectivity index (χ4v) is 3.67. The first kappa shape index (κ1) is 14.3. The molecule has 4 nitrogen and oxygen atoms in total. The van der Waals surface area contributed by atoms with Crippen LogP contribution >= 0.6 is 0 Å². The summed E-state index contributed by atoms with van der Waals surface area (Å²) in [5, 5.41) is 10.6. The summed E-state index contributed by atoms with van der Waals surface area (Å²) in [6.45, 7) is 1.06. The average molecular weight is 292 g/mol. The lowest BCUT2D eigenvalue weighted by Crippen LogP contribution is -2.54. The highest BCUT2D eigenvalue weighted by Gasteiger charge is 2.43. The Hall–Kier alpha value is -1.62. The molecule has 2 aliphatic rings. The van der Waals surface area contributed by atoms with E-state index in [0.29, 0.717) is 19.5 Å². The maximum atomic E-state index is 13.4. The van der Waals surface area contributed by atoms with Gasteiger partial charge < -0.3 is 15.7 Å². The number of hydrogen-bond donors (Lipinski definition) is 2. The highest BCUT2D eigenvalue weighted by atomic mass is 19.1. The molecular formula is C16H21FN2O2. The van der Waals surface area contributed by atoms with Crippen molar-refractivity contribution < 1.29 is 14.3 Å². The topological polar surface area (TPSA) is 66.6 Å². The molecular weight excluding hydrogens is 271 g/mol. The number of nitrogens with zero attached hydrogens (tertiary/aromatic N) is 1. The van der Waals surface area contributed by atoms with Gasteiger partial charge in [-0.3, -0.25) is 4.79 Å². The second kappa shape index (κ2) is 5.30. The van der Waals surface area contributed by atoms with E-state index in [1.54, 1.807) is 4.90 Å². The molecule has 3 N–H and O–H groups in total. The minimum absolute atomic E-state index is 0.134. The number of nitrogen functional groups attached to an aromatic ring is 1. The van der Waals surface area contributed by atoms with Gasteiger partial charge in [-0.15, -0.1) is 0 Å². The van der Waals surface area contributed by atoms with Crippen LogP contribution < -0.4 is 5.73 Å². The molecule has 1 aliphatic heterocycles. The third-order valence-electron chi connectivity index (χ3n) is 4.88. The monoisotopic (exact) mass is 292 g/mol. The molecule has 114 valence electrons. The van der Waals surface area contributed by atoms with Crippen LogP contribution in [-0.4, -0.2) is 34.6 Å². The Morgan fingerprint density at radius 1 is 1.33 bits per heavy atom. The number of aliphatic hydroxyl groups is 1. The number of carbonyl (C=O) groups is 1. The molecule has 0 spiro atoms. The van der Waals surface area contributed by atoms with E-state index in [9.17, 15) is 14.3 Å². The molecule has 3 rings (SSSR count). The Bertz CT molecular complexity index is 543. The van der Waals surface area contributed by atoms with E-state index in [0.717, 1.165) is 25.7 Å². The number of anilines is 1. The van der Waals surface area contributed by atoms with Gasteiger partial charge in [0.05, 0.1) is 5.60 Å².